The average Bonchev–Trinajstić information content (AvgIpc) is 2.96. The second kappa shape index (κ2) is 5.90. The van der Waals surface area contributed by atoms with Crippen molar-refractivity contribution in [2.45, 2.75) is 13.5 Å². The summed E-state index contributed by atoms with van der Waals surface area (Å²) in [5, 5.41) is 16.8. The topological polar surface area (TPSA) is 75.8 Å². The molecule has 0 saturated heterocycles. The third-order valence-electron chi connectivity index (χ3n) is 4.25. The van der Waals surface area contributed by atoms with Crippen LogP contribution in [0.1, 0.15) is 11.3 Å². The Morgan fingerprint density at radius 3 is 2.52 bits per heavy atom. The first-order valence-electron chi connectivity index (χ1n) is 7.89. The van der Waals surface area contributed by atoms with Gasteiger partial charge < -0.3 is 9.67 Å². The Morgan fingerprint density at radius 2 is 1.80 bits per heavy atom. The first-order valence-corrected chi connectivity index (χ1v) is 7.89. The van der Waals surface area contributed by atoms with Gasteiger partial charge in [0.15, 0.2) is 0 Å². The van der Waals surface area contributed by atoms with Crippen LogP contribution in [0.2, 0.25) is 0 Å². The fraction of sp³-hybridized carbons (Fsp3) is 0.105. The van der Waals surface area contributed by atoms with Crippen molar-refractivity contribution >= 4 is 0 Å². The Kier molecular flexibility index (Phi) is 3.57. The van der Waals surface area contributed by atoms with Crippen molar-refractivity contribution in [2.24, 2.45) is 0 Å². The van der Waals surface area contributed by atoms with Gasteiger partial charge in [0.1, 0.15) is 0 Å². The summed E-state index contributed by atoms with van der Waals surface area (Å²) in [5.74, 6) is -0.181. The molecule has 1 aromatic carbocycles. The summed E-state index contributed by atoms with van der Waals surface area (Å²) >= 11 is 0. The Morgan fingerprint density at radius 1 is 1.08 bits per heavy atom. The number of hydrogen-bond donors (Lipinski definition) is 0. The first kappa shape index (κ1) is 15.1. The highest BCUT2D eigenvalue weighted by molar-refractivity contribution is 5.65. The summed E-state index contributed by atoms with van der Waals surface area (Å²) in [4.78, 5) is 16.8. The second-order valence-corrected chi connectivity index (χ2v) is 5.82. The molecule has 6 heteroatoms. The van der Waals surface area contributed by atoms with Crippen molar-refractivity contribution in [1.29, 1.82) is 0 Å². The summed E-state index contributed by atoms with van der Waals surface area (Å²) in [6.45, 7) is 2.17. The first-order chi connectivity index (χ1) is 12.1. The van der Waals surface area contributed by atoms with Gasteiger partial charge in [0.2, 0.25) is 0 Å². The molecule has 0 amide bonds. The van der Waals surface area contributed by atoms with Gasteiger partial charge in [-0.3, -0.25) is 9.78 Å². The maximum atomic E-state index is 12.8. The Labute approximate surface area is 144 Å². The van der Waals surface area contributed by atoms with Crippen LogP contribution in [-0.2, 0) is 6.54 Å². The predicted octanol–water partition coefficient (Wildman–Crippen LogP) is 1.96. The molecule has 2 aliphatic heterocycles. The van der Waals surface area contributed by atoms with E-state index in [1.165, 1.54) is 10.7 Å². The number of benzene rings is 1. The van der Waals surface area contributed by atoms with E-state index in [0.717, 1.165) is 5.56 Å². The van der Waals surface area contributed by atoms with Crippen molar-refractivity contribution in [3.8, 4) is 22.8 Å². The minimum Gasteiger partial charge on any atom is -0.860 e. The number of para-hydroxylation sites is 1. The van der Waals surface area contributed by atoms with Crippen molar-refractivity contribution in [2.75, 3.05) is 0 Å². The molecule has 0 unspecified atom stereocenters. The molecule has 6 nitrogen and oxygen atoms in total. The van der Waals surface area contributed by atoms with Crippen molar-refractivity contribution < 1.29 is 5.11 Å². The molecule has 25 heavy (non-hydrogen) atoms. The van der Waals surface area contributed by atoms with Gasteiger partial charge in [0.05, 0.1) is 16.9 Å². The van der Waals surface area contributed by atoms with Crippen molar-refractivity contribution in [3.63, 3.8) is 0 Å². The molecular formula is C19H15N4O2-. The van der Waals surface area contributed by atoms with Gasteiger partial charge in [0, 0.05) is 24.6 Å². The van der Waals surface area contributed by atoms with Crippen LogP contribution in [0.4, 0.5) is 0 Å². The zero-order chi connectivity index (χ0) is 17.4. The van der Waals surface area contributed by atoms with Crippen LogP contribution in [0.15, 0.2) is 65.7 Å². The highest BCUT2D eigenvalue weighted by atomic mass is 16.3. The number of nitrogens with zero attached hydrogens (tertiary/aromatic N) is 4. The van der Waals surface area contributed by atoms with Crippen LogP contribution in [0, 0.1) is 6.92 Å². The molecule has 4 rings (SSSR count). The lowest BCUT2D eigenvalue weighted by molar-refractivity contribution is -0.279. The smallest absolute Gasteiger partial charge is 0.282 e. The maximum absolute atomic E-state index is 12.8. The van der Waals surface area contributed by atoms with Gasteiger partial charge in [-0.25, -0.2) is 0 Å². The fourth-order valence-electron chi connectivity index (χ4n) is 2.97. The molecular weight excluding hydrogens is 316 g/mol. The lowest BCUT2D eigenvalue weighted by Gasteiger charge is -2.22. The van der Waals surface area contributed by atoms with Crippen LogP contribution in [0.5, 0.6) is 5.88 Å². The van der Waals surface area contributed by atoms with Gasteiger partial charge in [-0.05, 0) is 48.7 Å². The van der Waals surface area contributed by atoms with Gasteiger partial charge in [0.25, 0.3) is 5.56 Å². The highest BCUT2D eigenvalue weighted by Crippen LogP contribution is 2.26. The lowest BCUT2D eigenvalue weighted by atomic mass is 10.1. The highest BCUT2D eigenvalue weighted by Gasteiger charge is 2.20. The summed E-state index contributed by atoms with van der Waals surface area (Å²) < 4.78 is 2.93. The monoisotopic (exact) mass is 331 g/mol. The van der Waals surface area contributed by atoms with Gasteiger partial charge >= 0.3 is 0 Å². The summed E-state index contributed by atoms with van der Waals surface area (Å²) in [5.41, 5.74) is 2.91. The van der Waals surface area contributed by atoms with E-state index in [1.807, 2.05) is 42.5 Å². The van der Waals surface area contributed by atoms with Gasteiger partial charge in [-0.1, -0.05) is 18.2 Å². The van der Waals surface area contributed by atoms with Gasteiger partial charge in [-0.15, -0.1) is 0 Å². The van der Waals surface area contributed by atoms with E-state index < -0.39 is 0 Å². The van der Waals surface area contributed by atoms with Crippen LogP contribution in [-0.4, -0.2) is 19.3 Å². The van der Waals surface area contributed by atoms with Crippen LogP contribution >= 0.6 is 0 Å². The zero-order valence-electron chi connectivity index (χ0n) is 13.6. The normalized spacial score (nSPS) is 11.1. The SMILES string of the molecule is Cc1c2c(=O)n(-c3ccccc3)nc-2cc([O-])n1Cc1ccncc1. The largest absolute Gasteiger partial charge is 0.860 e. The van der Waals surface area contributed by atoms with Gasteiger partial charge in [-0.2, -0.15) is 9.78 Å². The molecule has 124 valence electrons. The molecule has 0 radical (unpaired) electrons. The Balaban J connectivity index is 1.89. The number of fused-ring (bicyclic) bond motifs is 1. The molecule has 3 heterocycles. The van der Waals surface area contributed by atoms with Crippen LogP contribution in [0.25, 0.3) is 16.9 Å². The average molecular weight is 331 g/mol. The Bertz CT molecular complexity index is 1050. The van der Waals surface area contributed by atoms with Crippen LogP contribution in [0.3, 0.4) is 0 Å². The minimum absolute atomic E-state index is 0.181. The number of hydrogen-bond acceptors (Lipinski definition) is 4. The summed E-state index contributed by atoms with van der Waals surface area (Å²) in [7, 11) is 0. The molecule has 0 saturated carbocycles. The third-order valence-corrected chi connectivity index (χ3v) is 4.25. The second-order valence-electron chi connectivity index (χ2n) is 5.82. The molecule has 0 fully saturated rings. The number of aromatic nitrogens is 4. The molecule has 2 aliphatic rings. The summed E-state index contributed by atoms with van der Waals surface area (Å²) in [6, 6.07) is 14.3. The van der Waals surface area contributed by atoms with E-state index in [2.05, 4.69) is 10.1 Å². The molecule has 0 bridgehead atoms. The maximum Gasteiger partial charge on any atom is 0.282 e. The number of pyridine rings is 2. The molecule has 1 aromatic heterocycles. The molecule has 0 atom stereocenters. The third kappa shape index (κ3) is 2.57. The molecule has 2 aromatic rings. The van der Waals surface area contributed by atoms with E-state index in [1.54, 1.807) is 23.9 Å². The standard InChI is InChI=1S/C19H16N4O2/c1-13-18-16(21-23(19(18)25)15-5-3-2-4-6-15)11-17(24)22(13)12-14-7-9-20-10-8-14/h2-11,24H,12H2,1H3/p-1. The van der Waals surface area contributed by atoms with E-state index in [4.69, 9.17) is 0 Å². The minimum atomic E-state index is -0.220. The molecule has 0 spiro atoms. The van der Waals surface area contributed by atoms with E-state index in [-0.39, 0.29) is 11.4 Å². The van der Waals surface area contributed by atoms with E-state index in [9.17, 15) is 9.90 Å². The Hall–Kier alpha value is -3.41. The molecule has 0 N–H and O–H groups in total. The molecule has 0 aliphatic carbocycles. The summed E-state index contributed by atoms with van der Waals surface area (Å²) in [6.07, 6.45) is 3.36. The van der Waals surface area contributed by atoms with Crippen molar-refractivity contribution in [3.05, 3.63) is 82.5 Å². The van der Waals surface area contributed by atoms with Crippen molar-refractivity contribution in [1.82, 2.24) is 19.3 Å². The number of rotatable bonds is 3. The fourth-order valence-corrected chi connectivity index (χ4v) is 2.97. The van der Waals surface area contributed by atoms with E-state index in [0.29, 0.717) is 29.2 Å². The quantitative estimate of drug-likeness (QED) is 0.575. The zero-order valence-corrected chi connectivity index (χ0v) is 13.6. The van der Waals surface area contributed by atoms with E-state index >= 15 is 0 Å². The van der Waals surface area contributed by atoms with Crippen LogP contribution < -0.4 is 10.7 Å². The predicted molar refractivity (Wildman–Crippen MR) is 92.0 cm³/mol. The lowest BCUT2D eigenvalue weighted by Crippen LogP contribution is -2.18.